The van der Waals surface area contributed by atoms with Crippen molar-refractivity contribution in [2.45, 2.75) is 25.3 Å². The number of nitrogens with one attached hydrogen (secondary N) is 1. The van der Waals surface area contributed by atoms with Crippen LogP contribution in [0.4, 0.5) is 0 Å². The lowest BCUT2D eigenvalue weighted by molar-refractivity contribution is -0.134. The highest BCUT2D eigenvalue weighted by atomic mass is 16.5. The van der Waals surface area contributed by atoms with Crippen molar-refractivity contribution in [2.24, 2.45) is 0 Å². The Hall–Kier alpha value is -2.82. The van der Waals surface area contributed by atoms with Crippen LogP contribution in [0.5, 0.6) is 5.75 Å². The van der Waals surface area contributed by atoms with E-state index in [-0.39, 0.29) is 24.5 Å². The predicted octanol–water partition coefficient (Wildman–Crippen LogP) is 2.42. The smallest absolute Gasteiger partial charge is 0.260 e. The average Bonchev–Trinajstić information content (AvgIpc) is 2.68. The van der Waals surface area contributed by atoms with E-state index in [9.17, 15) is 9.59 Å². The maximum atomic E-state index is 12.3. The van der Waals surface area contributed by atoms with Crippen LogP contribution in [0.15, 0.2) is 60.7 Å². The van der Waals surface area contributed by atoms with E-state index in [1.807, 2.05) is 65.6 Å². The molecule has 3 rings (SSSR count). The zero-order chi connectivity index (χ0) is 18.2. The number of hydrogen-bond acceptors (Lipinski definition) is 3. The summed E-state index contributed by atoms with van der Waals surface area (Å²) >= 11 is 0. The molecule has 26 heavy (non-hydrogen) atoms. The molecular weight excluding hydrogens is 328 g/mol. The van der Waals surface area contributed by atoms with Crippen LogP contribution in [0.25, 0.3) is 0 Å². The van der Waals surface area contributed by atoms with Crippen LogP contribution in [0, 0.1) is 0 Å². The normalized spacial score (nSPS) is 14.7. The summed E-state index contributed by atoms with van der Waals surface area (Å²) in [6.07, 6.45) is 1.94. The molecule has 0 aromatic heterocycles. The van der Waals surface area contributed by atoms with Crippen LogP contribution in [0.2, 0.25) is 0 Å². The Labute approximate surface area is 154 Å². The maximum Gasteiger partial charge on any atom is 0.260 e. The minimum atomic E-state index is -0.0112. The van der Waals surface area contributed by atoms with Gasteiger partial charge in [-0.05, 0) is 30.5 Å². The number of carbonyl (C=O) groups is 2. The molecule has 2 aromatic carbocycles. The van der Waals surface area contributed by atoms with Gasteiger partial charge in [-0.1, -0.05) is 48.5 Å². The largest absolute Gasteiger partial charge is 0.484 e. The molecule has 2 amide bonds. The summed E-state index contributed by atoms with van der Waals surface area (Å²) in [6.45, 7) is 1.34. The van der Waals surface area contributed by atoms with Crippen LogP contribution in [0.3, 0.4) is 0 Å². The van der Waals surface area contributed by atoms with Gasteiger partial charge in [-0.25, -0.2) is 0 Å². The Morgan fingerprint density at radius 3 is 2.23 bits per heavy atom. The monoisotopic (exact) mass is 352 g/mol. The van der Waals surface area contributed by atoms with Crippen molar-refractivity contribution in [3.8, 4) is 5.75 Å². The van der Waals surface area contributed by atoms with Gasteiger partial charge in [0.25, 0.3) is 5.91 Å². The molecule has 5 heteroatoms. The van der Waals surface area contributed by atoms with Crippen molar-refractivity contribution in [3.05, 3.63) is 66.2 Å². The zero-order valence-electron chi connectivity index (χ0n) is 14.8. The Bertz CT molecular complexity index is 711. The first-order valence-corrected chi connectivity index (χ1v) is 8.99. The minimum absolute atomic E-state index is 0.0112. The molecular formula is C21H24N2O3. The van der Waals surface area contributed by atoms with Crippen LogP contribution < -0.4 is 10.1 Å². The molecule has 2 aromatic rings. The van der Waals surface area contributed by atoms with Crippen molar-refractivity contribution >= 4 is 11.8 Å². The van der Waals surface area contributed by atoms with Crippen molar-refractivity contribution in [1.29, 1.82) is 0 Å². The standard InChI is InChI=1S/C21H24N2O3/c24-20(15-17-7-3-1-4-8-17)22-18-11-13-23(14-12-18)21(25)16-26-19-9-5-2-6-10-19/h1-10,18H,11-16H2,(H,22,24). The Morgan fingerprint density at radius 1 is 0.962 bits per heavy atom. The third kappa shape index (κ3) is 5.34. The molecule has 1 fully saturated rings. The van der Waals surface area contributed by atoms with Gasteiger partial charge in [-0.2, -0.15) is 0 Å². The second-order valence-electron chi connectivity index (χ2n) is 6.49. The predicted molar refractivity (Wildman–Crippen MR) is 99.8 cm³/mol. The number of hydrogen-bond donors (Lipinski definition) is 1. The number of ether oxygens (including phenoxy) is 1. The molecule has 0 unspecified atom stereocenters. The minimum Gasteiger partial charge on any atom is -0.484 e. The van der Waals surface area contributed by atoms with E-state index < -0.39 is 0 Å². The molecule has 136 valence electrons. The number of benzene rings is 2. The summed E-state index contributed by atoms with van der Waals surface area (Å²) in [4.78, 5) is 26.2. The fraction of sp³-hybridized carbons (Fsp3) is 0.333. The molecule has 1 aliphatic heterocycles. The molecule has 5 nitrogen and oxygen atoms in total. The van der Waals surface area contributed by atoms with E-state index in [1.165, 1.54) is 0 Å². The topological polar surface area (TPSA) is 58.6 Å². The van der Waals surface area contributed by atoms with Gasteiger partial charge >= 0.3 is 0 Å². The van der Waals surface area contributed by atoms with Gasteiger partial charge in [0.2, 0.25) is 5.91 Å². The average molecular weight is 352 g/mol. The Balaban J connectivity index is 1.38. The van der Waals surface area contributed by atoms with Gasteiger partial charge in [0.15, 0.2) is 6.61 Å². The number of nitrogens with zero attached hydrogens (tertiary/aromatic N) is 1. The van der Waals surface area contributed by atoms with Gasteiger partial charge in [0, 0.05) is 19.1 Å². The van der Waals surface area contributed by atoms with Crippen molar-refractivity contribution in [1.82, 2.24) is 10.2 Å². The first-order chi connectivity index (χ1) is 12.7. The van der Waals surface area contributed by atoms with Gasteiger partial charge < -0.3 is 15.0 Å². The van der Waals surface area contributed by atoms with Crippen molar-refractivity contribution in [3.63, 3.8) is 0 Å². The van der Waals surface area contributed by atoms with Crippen molar-refractivity contribution < 1.29 is 14.3 Å². The molecule has 0 atom stereocenters. The number of para-hydroxylation sites is 1. The lowest BCUT2D eigenvalue weighted by Crippen LogP contribution is -2.48. The lowest BCUT2D eigenvalue weighted by atomic mass is 10.0. The van der Waals surface area contributed by atoms with Crippen molar-refractivity contribution in [2.75, 3.05) is 19.7 Å². The number of likely N-dealkylation sites (tertiary alicyclic amines) is 1. The number of amides is 2. The summed E-state index contributed by atoms with van der Waals surface area (Å²) in [5, 5.41) is 3.08. The highest BCUT2D eigenvalue weighted by molar-refractivity contribution is 5.79. The summed E-state index contributed by atoms with van der Waals surface area (Å²) < 4.78 is 5.52. The molecule has 1 saturated heterocycles. The zero-order valence-corrected chi connectivity index (χ0v) is 14.8. The molecule has 0 spiro atoms. The molecule has 0 radical (unpaired) electrons. The SMILES string of the molecule is O=C(Cc1ccccc1)NC1CCN(C(=O)COc2ccccc2)CC1. The van der Waals surface area contributed by atoms with Gasteiger partial charge in [0.05, 0.1) is 6.42 Å². The number of carbonyl (C=O) groups excluding carboxylic acids is 2. The fourth-order valence-corrected chi connectivity index (χ4v) is 3.09. The highest BCUT2D eigenvalue weighted by Crippen LogP contribution is 2.13. The molecule has 0 aliphatic carbocycles. The third-order valence-electron chi connectivity index (χ3n) is 4.53. The maximum absolute atomic E-state index is 12.3. The highest BCUT2D eigenvalue weighted by Gasteiger charge is 2.24. The second kappa shape index (κ2) is 9.04. The summed E-state index contributed by atoms with van der Waals surface area (Å²) in [7, 11) is 0. The van der Waals surface area contributed by atoms with E-state index in [0.717, 1.165) is 18.4 Å². The van der Waals surface area contributed by atoms with Crippen LogP contribution in [-0.4, -0.2) is 42.5 Å². The van der Waals surface area contributed by atoms with Crippen LogP contribution in [0.1, 0.15) is 18.4 Å². The second-order valence-corrected chi connectivity index (χ2v) is 6.49. The summed E-state index contributed by atoms with van der Waals surface area (Å²) in [6, 6.07) is 19.2. The first kappa shape index (κ1) is 18.0. The summed E-state index contributed by atoms with van der Waals surface area (Å²) in [5.41, 5.74) is 1.01. The van der Waals surface area contributed by atoms with E-state index in [4.69, 9.17) is 4.74 Å². The Morgan fingerprint density at radius 2 is 1.58 bits per heavy atom. The number of piperidine rings is 1. The Kier molecular flexibility index (Phi) is 6.25. The van der Waals surface area contributed by atoms with Crippen LogP contribution in [-0.2, 0) is 16.0 Å². The van der Waals surface area contributed by atoms with E-state index in [1.54, 1.807) is 0 Å². The van der Waals surface area contributed by atoms with Gasteiger partial charge in [0.1, 0.15) is 5.75 Å². The van der Waals surface area contributed by atoms with E-state index >= 15 is 0 Å². The molecule has 1 N–H and O–H groups in total. The van der Waals surface area contributed by atoms with Gasteiger partial charge in [-0.15, -0.1) is 0 Å². The lowest BCUT2D eigenvalue weighted by Gasteiger charge is -2.32. The van der Waals surface area contributed by atoms with E-state index in [2.05, 4.69) is 5.32 Å². The quantitative estimate of drug-likeness (QED) is 0.869. The first-order valence-electron chi connectivity index (χ1n) is 8.99. The molecule has 0 bridgehead atoms. The fourth-order valence-electron chi connectivity index (χ4n) is 3.09. The third-order valence-corrected chi connectivity index (χ3v) is 4.53. The van der Waals surface area contributed by atoms with Gasteiger partial charge in [-0.3, -0.25) is 9.59 Å². The summed E-state index contributed by atoms with van der Waals surface area (Å²) in [5.74, 6) is 0.722. The molecule has 1 aliphatic rings. The van der Waals surface area contributed by atoms with E-state index in [0.29, 0.717) is 25.3 Å². The van der Waals surface area contributed by atoms with Crippen LogP contribution >= 0.6 is 0 Å². The molecule has 1 heterocycles. The molecule has 0 saturated carbocycles. The number of rotatable bonds is 6.